The largest absolute Gasteiger partial charge is 0.480 e. The van der Waals surface area contributed by atoms with Crippen molar-refractivity contribution < 1.29 is 19.5 Å². The minimum absolute atomic E-state index is 0.175. The van der Waals surface area contributed by atoms with Gasteiger partial charge < -0.3 is 21.1 Å². The van der Waals surface area contributed by atoms with Gasteiger partial charge in [0.05, 0.1) is 0 Å². The number of piperidine rings is 1. The zero-order chi connectivity index (χ0) is 24.3. The van der Waals surface area contributed by atoms with Gasteiger partial charge in [0.1, 0.15) is 6.04 Å². The lowest BCUT2D eigenvalue weighted by Gasteiger charge is -2.23. The van der Waals surface area contributed by atoms with Gasteiger partial charge in [0, 0.05) is 24.1 Å². The maximum atomic E-state index is 12.8. The Hall–Kier alpha value is -3.19. The van der Waals surface area contributed by atoms with Gasteiger partial charge in [-0.2, -0.15) is 0 Å². The third kappa shape index (κ3) is 7.70. The Labute approximate surface area is 201 Å². The number of hydrogen-bond acceptors (Lipinski definition) is 4. The molecule has 1 heterocycles. The quantitative estimate of drug-likeness (QED) is 0.374. The number of hydrogen-bond donors (Lipinski definition) is 4. The van der Waals surface area contributed by atoms with Crippen LogP contribution in [0.25, 0.3) is 0 Å². The van der Waals surface area contributed by atoms with Crippen LogP contribution in [0.15, 0.2) is 48.5 Å². The minimum atomic E-state index is -1.06. The van der Waals surface area contributed by atoms with E-state index >= 15 is 0 Å². The number of unbranched alkanes of at least 4 members (excludes halogenated alkanes) is 2. The minimum Gasteiger partial charge on any atom is -0.480 e. The molecule has 0 bridgehead atoms. The highest BCUT2D eigenvalue weighted by atomic mass is 16.4. The second kappa shape index (κ2) is 12.9. The number of rotatable bonds is 11. The van der Waals surface area contributed by atoms with Crippen molar-refractivity contribution >= 4 is 23.5 Å². The first-order chi connectivity index (χ1) is 16.5. The molecular weight excluding hydrogens is 430 g/mol. The number of amides is 2. The van der Waals surface area contributed by atoms with Gasteiger partial charge in [0.25, 0.3) is 5.91 Å². The van der Waals surface area contributed by atoms with Crippen LogP contribution >= 0.6 is 0 Å². The van der Waals surface area contributed by atoms with Gasteiger partial charge in [0.15, 0.2) is 0 Å². The van der Waals surface area contributed by atoms with E-state index in [1.54, 1.807) is 24.3 Å². The summed E-state index contributed by atoms with van der Waals surface area (Å²) in [7, 11) is 0. The molecule has 3 rings (SSSR count). The number of carboxylic acid groups (broad SMARTS) is 1. The molecule has 182 valence electrons. The van der Waals surface area contributed by atoms with E-state index in [1.807, 2.05) is 18.2 Å². The standard InChI is InChI=1S/C27H35N3O4/c1-2-3-4-8-25(31)30-24(27(33)34)17-19-9-11-23(12-10-19)29-26(32)22-7-5-6-21(18-22)20-13-15-28-16-14-20/h5-7,9-12,18,20,24,28H,2-4,8,13-17H2,1H3,(H,29,32)(H,30,31)(H,33,34). The summed E-state index contributed by atoms with van der Waals surface area (Å²) < 4.78 is 0. The molecular formula is C27H35N3O4. The molecule has 4 N–H and O–H groups in total. The number of benzene rings is 2. The Balaban J connectivity index is 1.57. The van der Waals surface area contributed by atoms with Crippen LogP contribution in [0.4, 0.5) is 5.69 Å². The average Bonchev–Trinajstić information content (AvgIpc) is 2.85. The van der Waals surface area contributed by atoms with Crippen molar-refractivity contribution in [2.75, 3.05) is 18.4 Å². The molecule has 7 heteroatoms. The molecule has 0 aromatic heterocycles. The highest BCUT2D eigenvalue weighted by Crippen LogP contribution is 2.26. The van der Waals surface area contributed by atoms with E-state index in [2.05, 4.69) is 28.9 Å². The van der Waals surface area contributed by atoms with Crippen LogP contribution in [-0.2, 0) is 16.0 Å². The third-order valence-corrected chi connectivity index (χ3v) is 6.25. The number of carbonyl (C=O) groups is 3. The molecule has 1 unspecified atom stereocenters. The summed E-state index contributed by atoms with van der Waals surface area (Å²) in [5.74, 6) is -1.000. The number of aliphatic carboxylic acids is 1. The topological polar surface area (TPSA) is 108 Å². The molecule has 0 spiro atoms. The van der Waals surface area contributed by atoms with Gasteiger partial charge in [-0.05, 0) is 73.7 Å². The molecule has 2 aromatic rings. The van der Waals surface area contributed by atoms with Gasteiger partial charge in [-0.15, -0.1) is 0 Å². The summed E-state index contributed by atoms with van der Waals surface area (Å²) >= 11 is 0. The fourth-order valence-corrected chi connectivity index (χ4v) is 4.25. The monoisotopic (exact) mass is 465 g/mol. The van der Waals surface area contributed by atoms with Crippen molar-refractivity contribution in [1.82, 2.24) is 10.6 Å². The molecule has 0 saturated carbocycles. The van der Waals surface area contributed by atoms with E-state index in [-0.39, 0.29) is 18.2 Å². The van der Waals surface area contributed by atoms with E-state index in [1.165, 1.54) is 5.56 Å². The number of carboxylic acids is 1. The molecule has 1 aliphatic rings. The summed E-state index contributed by atoms with van der Waals surface area (Å²) in [6, 6.07) is 13.9. The zero-order valence-electron chi connectivity index (χ0n) is 19.8. The summed E-state index contributed by atoms with van der Waals surface area (Å²) in [5.41, 5.74) is 3.22. The molecule has 0 radical (unpaired) electrons. The molecule has 7 nitrogen and oxygen atoms in total. The first-order valence-electron chi connectivity index (χ1n) is 12.2. The van der Waals surface area contributed by atoms with Crippen molar-refractivity contribution in [3.05, 3.63) is 65.2 Å². The second-order valence-electron chi connectivity index (χ2n) is 8.92. The van der Waals surface area contributed by atoms with Gasteiger partial charge >= 0.3 is 5.97 Å². The lowest BCUT2D eigenvalue weighted by atomic mass is 9.89. The maximum absolute atomic E-state index is 12.8. The second-order valence-corrected chi connectivity index (χ2v) is 8.92. The van der Waals surface area contributed by atoms with Crippen LogP contribution in [0.5, 0.6) is 0 Å². The normalized spacial score (nSPS) is 14.9. The van der Waals surface area contributed by atoms with Crippen molar-refractivity contribution in [3.8, 4) is 0 Å². The Kier molecular flexibility index (Phi) is 9.64. The van der Waals surface area contributed by atoms with E-state index in [0.29, 0.717) is 23.6 Å². The molecule has 1 aliphatic heterocycles. The van der Waals surface area contributed by atoms with Crippen LogP contribution < -0.4 is 16.0 Å². The fraction of sp³-hybridized carbons (Fsp3) is 0.444. The van der Waals surface area contributed by atoms with Crippen molar-refractivity contribution in [2.45, 2.75) is 63.8 Å². The lowest BCUT2D eigenvalue weighted by molar-refractivity contribution is -0.141. The first kappa shape index (κ1) is 25.4. The Morgan fingerprint density at radius 2 is 1.79 bits per heavy atom. The van der Waals surface area contributed by atoms with Crippen LogP contribution in [0.1, 0.15) is 72.9 Å². The predicted molar refractivity (Wildman–Crippen MR) is 133 cm³/mol. The zero-order valence-corrected chi connectivity index (χ0v) is 19.8. The number of anilines is 1. The number of carbonyl (C=O) groups excluding carboxylic acids is 2. The molecule has 1 saturated heterocycles. The fourth-order valence-electron chi connectivity index (χ4n) is 4.25. The van der Waals surface area contributed by atoms with Crippen molar-refractivity contribution in [1.29, 1.82) is 0 Å². The third-order valence-electron chi connectivity index (χ3n) is 6.25. The Morgan fingerprint density at radius 3 is 2.47 bits per heavy atom. The molecule has 1 atom stereocenters. The summed E-state index contributed by atoms with van der Waals surface area (Å²) in [5, 5.41) is 18.4. The molecule has 0 aliphatic carbocycles. The first-order valence-corrected chi connectivity index (χ1v) is 12.2. The van der Waals surface area contributed by atoms with Crippen LogP contribution in [-0.4, -0.2) is 42.0 Å². The van der Waals surface area contributed by atoms with Gasteiger partial charge in [-0.1, -0.05) is 44.0 Å². The highest BCUT2D eigenvalue weighted by Gasteiger charge is 2.20. The van der Waals surface area contributed by atoms with Crippen molar-refractivity contribution in [2.24, 2.45) is 0 Å². The van der Waals surface area contributed by atoms with E-state index in [0.717, 1.165) is 50.8 Å². The number of nitrogens with one attached hydrogen (secondary N) is 3. The van der Waals surface area contributed by atoms with Crippen LogP contribution in [0.3, 0.4) is 0 Å². The summed E-state index contributed by atoms with van der Waals surface area (Å²) in [4.78, 5) is 36.4. The van der Waals surface area contributed by atoms with E-state index < -0.39 is 12.0 Å². The van der Waals surface area contributed by atoms with E-state index in [4.69, 9.17) is 0 Å². The van der Waals surface area contributed by atoms with Gasteiger partial charge in [0.2, 0.25) is 5.91 Å². The summed E-state index contributed by atoms with van der Waals surface area (Å²) in [6.45, 7) is 4.05. The van der Waals surface area contributed by atoms with E-state index in [9.17, 15) is 19.5 Å². The molecule has 1 fully saturated rings. The lowest BCUT2D eigenvalue weighted by Crippen LogP contribution is -2.42. The van der Waals surface area contributed by atoms with Crippen LogP contribution in [0, 0.1) is 0 Å². The predicted octanol–water partition coefficient (Wildman–Crippen LogP) is 4.10. The van der Waals surface area contributed by atoms with Gasteiger partial charge in [-0.25, -0.2) is 4.79 Å². The Bertz CT molecular complexity index is 968. The molecule has 2 aromatic carbocycles. The average molecular weight is 466 g/mol. The Morgan fingerprint density at radius 1 is 1.06 bits per heavy atom. The maximum Gasteiger partial charge on any atom is 0.326 e. The summed E-state index contributed by atoms with van der Waals surface area (Å²) in [6.07, 6.45) is 5.36. The van der Waals surface area contributed by atoms with Gasteiger partial charge in [-0.3, -0.25) is 9.59 Å². The molecule has 34 heavy (non-hydrogen) atoms. The van der Waals surface area contributed by atoms with Crippen LogP contribution in [0.2, 0.25) is 0 Å². The molecule has 2 amide bonds. The van der Waals surface area contributed by atoms with Crippen molar-refractivity contribution in [3.63, 3.8) is 0 Å². The smallest absolute Gasteiger partial charge is 0.326 e. The highest BCUT2D eigenvalue weighted by molar-refractivity contribution is 6.04. The SMILES string of the molecule is CCCCCC(=O)NC(Cc1ccc(NC(=O)c2cccc(C3CCNCC3)c2)cc1)C(=O)O.